The van der Waals surface area contributed by atoms with Gasteiger partial charge in [-0.15, -0.1) is 12.4 Å². The van der Waals surface area contributed by atoms with Crippen LogP contribution in [0.5, 0.6) is 0 Å². The molecule has 8 heteroatoms. The monoisotopic (exact) mass is 443 g/mol. The molecule has 0 N–H and O–H groups in total. The number of benzene rings is 1. The van der Waals surface area contributed by atoms with Crippen molar-refractivity contribution in [2.24, 2.45) is 0 Å². The molecule has 1 saturated heterocycles. The minimum Gasteiger partial charge on any atom is -0.468 e. The van der Waals surface area contributed by atoms with Gasteiger partial charge in [0.2, 0.25) is 0 Å². The largest absolute Gasteiger partial charge is 0.468 e. The Hall–Kier alpha value is -2.66. The van der Waals surface area contributed by atoms with Crippen molar-refractivity contribution in [3.63, 3.8) is 0 Å². The highest BCUT2D eigenvalue weighted by Crippen LogP contribution is 2.29. The normalized spacial score (nSPS) is 15.8. The van der Waals surface area contributed by atoms with E-state index in [1.165, 1.54) is 6.26 Å². The van der Waals surface area contributed by atoms with Crippen LogP contribution in [0.4, 0.5) is 0 Å². The lowest BCUT2D eigenvalue weighted by atomic mass is 9.98. The number of hydrogen-bond donors (Lipinski definition) is 0. The van der Waals surface area contributed by atoms with Crippen LogP contribution in [-0.2, 0) is 17.6 Å². The zero-order chi connectivity index (χ0) is 20.9. The topological polar surface area (TPSA) is 86.8 Å². The van der Waals surface area contributed by atoms with Gasteiger partial charge in [0, 0.05) is 44.7 Å². The zero-order valence-electron chi connectivity index (χ0n) is 17.3. The van der Waals surface area contributed by atoms with Crippen LogP contribution in [-0.4, -0.2) is 67.4 Å². The van der Waals surface area contributed by atoms with Crippen LogP contribution in [0.15, 0.2) is 34.9 Å². The molecular formula is C23H26ClN3O4. The summed E-state index contributed by atoms with van der Waals surface area (Å²) in [6, 6.07) is 9.62. The highest BCUT2D eigenvalue weighted by molar-refractivity contribution is 6.16. The molecule has 0 saturated carbocycles. The zero-order valence-corrected chi connectivity index (χ0v) is 18.2. The fourth-order valence-electron chi connectivity index (χ4n) is 4.09. The van der Waals surface area contributed by atoms with E-state index >= 15 is 0 Å². The molecule has 0 spiro atoms. The number of halogens is 1. The van der Waals surface area contributed by atoms with Crippen molar-refractivity contribution >= 4 is 24.1 Å². The fraction of sp³-hybridized carbons (Fsp3) is 0.435. The van der Waals surface area contributed by atoms with E-state index < -0.39 is 0 Å². The van der Waals surface area contributed by atoms with Gasteiger partial charge in [0.15, 0.2) is 5.78 Å². The number of ether oxygens (including phenoxy) is 1. The van der Waals surface area contributed by atoms with Crippen molar-refractivity contribution in [3.8, 4) is 6.07 Å². The Labute approximate surface area is 188 Å². The number of nitriles is 1. The molecule has 164 valence electrons. The predicted octanol–water partition coefficient (Wildman–Crippen LogP) is 2.72. The van der Waals surface area contributed by atoms with Crippen molar-refractivity contribution in [2.75, 3.05) is 45.9 Å². The number of carbonyl (C=O) groups excluding carboxylic acids is 2. The standard InChI is InChI=1S/C23H25N3O4.ClH/c24-8-3-9-26(11-10-25-12-14-29-15-13-25)23(28)19-16-30-20-7-6-17-4-1-2-5-18(17)22(27)21(19)20;/h1-2,4-5,16H,3,6-7,9-15H2;1H. The van der Waals surface area contributed by atoms with Gasteiger partial charge in [-0.3, -0.25) is 14.5 Å². The van der Waals surface area contributed by atoms with Gasteiger partial charge in [0.25, 0.3) is 5.91 Å². The van der Waals surface area contributed by atoms with Crippen LogP contribution < -0.4 is 0 Å². The summed E-state index contributed by atoms with van der Waals surface area (Å²) in [5.41, 5.74) is 2.27. The van der Waals surface area contributed by atoms with E-state index in [9.17, 15) is 9.59 Å². The lowest BCUT2D eigenvalue weighted by Gasteiger charge is -2.29. The molecule has 1 fully saturated rings. The lowest BCUT2D eigenvalue weighted by molar-refractivity contribution is 0.0326. The summed E-state index contributed by atoms with van der Waals surface area (Å²) in [5.74, 6) is 0.146. The molecule has 2 heterocycles. The van der Waals surface area contributed by atoms with E-state index in [0.717, 1.165) is 18.7 Å². The first-order chi connectivity index (χ1) is 14.7. The average Bonchev–Trinajstić information content (AvgIpc) is 3.16. The van der Waals surface area contributed by atoms with Crippen LogP contribution in [0.25, 0.3) is 0 Å². The van der Waals surface area contributed by atoms with Crippen LogP contribution in [0.3, 0.4) is 0 Å². The molecule has 1 aliphatic heterocycles. The van der Waals surface area contributed by atoms with Crippen molar-refractivity contribution in [2.45, 2.75) is 19.3 Å². The van der Waals surface area contributed by atoms with Crippen LogP contribution in [0, 0.1) is 11.3 Å². The molecule has 2 aromatic rings. The van der Waals surface area contributed by atoms with Gasteiger partial charge in [-0.05, 0) is 12.0 Å². The number of ketones is 1. The first-order valence-electron chi connectivity index (χ1n) is 10.4. The Morgan fingerprint density at radius 3 is 2.71 bits per heavy atom. The highest BCUT2D eigenvalue weighted by Gasteiger charge is 2.31. The summed E-state index contributed by atoms with van der Waals surface area (Å²) in [6.07, 6.45) is 2.93. The number of furan rings is 1. The second-order valence-electron chi connectivity index (χ2n) is 7.59. The Bertz CT molecular complexity index is 975. The number of hydrogen-bond acceptors (Lipinski definition) is 6. The summed E-state index contributed by atoms with van der Waals surface area (Å²) in [7, 11) is 0. The summed E-state index contributed by atoms with van der Waals surface area (Å²) in [6.45, 7) is 4.56. The van der Waals surface area contributed by atoms with Crippen LogP contribution >= 0.6 is 12.4 Å². The number of morpholine rings is 1. The van der Waals surface area contributed by atoms with Gasteiger partial charge in [0.05, 0.1) is 36.8 Å². The smallest absolute Gasteiger partial charge is 0.257 e. The summed E-state index contributed by atoms with van der Waals surface area (Å²) in [4.78, 5) is 30.5. The Morgan fingerprint density at radius 1 is 1.16 bits per heavy atom. The molecule has 0 bridgehead atoms. The summed E-state index contributed by atoms with van der Waals surface area (Å²) >= 11 is 0. The van der Waals surface area contributed by atoms with Gasteiger partial charge in [-0.25, -0.2) is 0 Å². The minimum atomic E-state index is -0.253. The molecule has 2 aliphatic rings. The van der Waals surface area contributed by atoms with E-state index in [0.29, 0.717) is 68.1 Å². The molecule has 0 atom stereocenters. The molecule has 31 heavy (non-hydrogen) atoms. The van der Waals surface area contributed by atoms with E-state index in [1.807, 2.05) is 18.2 Å². The maximum Gasteiger partial charge on any atom is 0.257 e. The van der Waals surface area contributed by atoms with Gasteiger partial charge < -0.3 is 14.1 Å². The molecular weight excluding hydrogens is 418 g/mol. The number of fused-ring (bicyclic) bond motifs is 2. The molecule has 0 unspecified atom stereocenters. The predicted molar refractivity (Wildman–Crippen MR) is 117 cm³/mol. The summed E-state index contributed by atoms with van der Waals surface area (Å²) in [5, 5.41) is 9.04. The van der Waals surface area contributed by atoms with E-state index in [2.05, 4.69) is 11.0 Å². The third kappa shape index (κ3) is 4.99. The second-order valence-corrected chi connectivity index (χ2v) is 7.59. The molecule has 4 rings (SSSR count). The first kappa shape index (κ1) is 23.0. The van der Waals surface area contributed by atoms with Crippen molar-refractivity contribution in [1.82, 2.24) is 9.80 Å². The van der Waals surface area contributed by atoms with E-state index in [-0.39, 0.29) is 30.5 Å². The number of amides is 1. The van der Waals surface area contributed by atoms with Gasteiger partial charge in [0.1, 0.15) is 12.0 Å². The van der Waals surface area contributed by atoms with Crippen LogP contribution in [0.2, 0.25) is 0 Å². The van der Waals surface area contributed by atoms with Crippen LogP contribution in [0.1, 0.15) is 44.0 Å². The number of nitrogens with zero attached hydrogens (tertiary/aromatic N) is 3. The maximum atomic E-state index is 13.4. The Morgan fingerprint density at radius 2 is 1.94 bits per heavy atom. The van der Waals surface area contributed by atoms with Crippen molar-refractivity contribution < 1.29 is 18.7 Å². The maximum absolute atomic E-state index is 13.4. The first-order valence-corrected chi connectivity index (χ1v) is 10.4. The highest BCUT2D eigenvalue weighted by atomic mass is 35.5. The van der Waals surface area contributed by atoms with Gasteiger partial charge in [-0.1, -0.05) is 24.3 Å². The van der Waals surface area contributed by atoms with E-state index in [1.54, 1.807) is 11.0 Å². The fourth-order valence-corrected chi connectivity index (χ4v) is 4.09. The molecule has 1 aromatic carbocycles. The third-order valence-electron chi connectivity index (χ3n) is 5.78. The van der Waals surface area contributed by atoms with Gasteiger partial charge in [-0.2, -0.15) is 5.26 Å². The SMILES string of the molecule is Cl.N#CCCN(CCN1CCOCC1)C(=O)c1coc2c1C(=O)c1ccccc1CC2. The summed E-state index contributed by atoms with van der Waals surface area (Å²) < 4.78 is 11.1. The number of carbonyl (C=O) groups is 2. The number of aryl methyl sites for hydroxylation is 2. The molecule has 1 aliphatic carbocycles. The average molecular weight is 444 g/mol. The van der Waals surface area contributed by atoms with Gasteiger partial charge >= 0.3 is 0 Å². The Kier molecular flexibility index (Phi) is 7.85. The molecule has 0 radical (unpaired) electrons. The number of rotatable bonds is 6. The van der Waals surface area contributed by atoms with Crippen molar-refractivity contribution in [1.29, 1.82) is 5.26 Å². The molecule has 1 amide bonds. The quantitative estimate of drug-likeness (QED) is 0.682. The molecule has 1 aromatic heterocycles. The lowest BCUT2D eigenvalue weighted by Crippen LogP contribution is -2.43. The van der Waals surface area contributed by atoms with Crippen molar-refractivity contribution in [3.05, 3.63) is 58.5 Å². The Balaban J connectivity index is 0.00000272. The minimum absolute atomic E-state index is 0. The van der Waals surface area contributed by atoms with E-state index in [4.69, 9.17) is 14.4 Å². The third-order valence-corrected chi connectivity index (χ3v) is 5.78. The molecule has 7 nitrogen and oxygen atoms in total. The second kappa shape index (κ2) is 10.6.